The molecule has 3 heterocycles. The Balaban J connectivity index is 1.61. The lowest BCUT2D eigenvalue weighted by Gasteiger charge is -2.30. The van der Waals surface area contributed by atoms with Gasteiger partial charge in [-0.1, -0.05) is 19.8 Å². The molecule has 2 unspecified atom stereocenters. The maximum atomic E-state index is 13.1. The minimum Gasteiger partial charge on any atom is -0.443 e. The SMILES string of the molecule is CC1CCCC1CNC(=O)c1nc(NC2CCN(C)CC2)c(Br)c2cc(C#N)oc12. The number of hydrogen-bond donors (Lipinski definition) is 2. The van der Waals surface area contributed by atoms with E-state index < -0.39 is 0 Å². The van der Waals surface area contributed by atoms with Gasteiger partial charge in [0.25, 0.3) is 5.91 Å². The van der Waals surface area contributed by atoms with Gasteiger partial charge in [-0.15, -0.1) is 0 Å². The molecule has 1 amide bonds. The van der Waals surface area contributed by atoms with Crippen LogP contribution < -0.4 is 10.6 Å². The zero-order valence-electron chi connectivity index (χ0n) is 17.5. The fourth-order valence-electron chi connectivity index (χ4n) is 4.55. The second kappa shape index (κ2) is 8.94. The average Bonchev–Trinajstić information content (AvgIpc) is 3.36. The topological polar surface area (TPSA) is 94.2 Å². The molecular formula is C22H28BrN5O2. The van der Waals surface area contributed by atoms with Gasteiger partial charge >= 0.3 is 0 Å². The van der Waals surface area contributed by atoms with Crippen LogP contribution in [0.3, 0.4) is 0 Å². The number of anilines is 1. The minimum absolute atomic E-state index is 0.169. The van der Waals surface area contributed by atoms with Crippen LogP contribution in [0.2, 0.25) is 0 Å². The zero-order valence-corrected chi connectivity index (χ0v) is 19.1. The average molecular weight is 474 g/mol. The molecule has 2 N–H and O–H groups in total. The maximum Gasteiger partial charge on any atom is 0.273 e. The van der Waals surface area contributed by atoms with E-state index in [2.05, 4.69) is 50.4 Å². The van der Waals surface area contributed by atoms with Crippen LogP contribution in [0.15, 0.2) is 15.0 Å². The predicted molar refractivity (Wildman–Crippen MR) is 119 cm³/mol. The summed E-state index contributed by atoms with van der Waals surface area (Å²) < 4.78 is 6.38. The third-order valence-electron chi connectivity index (χ3n) is 6.56. The summed E-state index contributed by atoms with van der Waals surface area (Å²) in [5.41, 5.74) is 0.583. The predicted octanol–water partition coefficient (Wildman–Crippen LogP) is 4.13. The molecule has 0 radical (unpaired) electrons. The number of likely N-dealkylation sites (tertiary alicyclic amines) is 1. The van der Waals surface area contributed by atoms with Crippen molar-refractivity contribution in [2.45, 2.75) is 45.1 Å². The Bertz CT molecular complexity index is 974. The first-order chi connectivity index (χ1) is 14.5. The number of amides is 1. The van der Waals surface area contributed by atoms with Gasteiger partial charge in [-0.05, 0) is 67.2 Å². The molecule has 30 heavy (non-hydrogen) atoms. The number of carbonyl (C=O) groups is 1. The smallest absolute Gasteiger partial charge is 0.273 e. The highest BCUT2D eigenvalue weighted by Crippen LogP contribution is 2.35. The number of rotatable bonds is 5. The number of carbonyl (C=O) groups excluding carboxylic acids is 1. The molecule has 0 aromatic carbocycles. The van der Waals surface area contributed by atoms with E-state index in [4.69, 9.17) is 4.42 Å². The number of furan rings is 1. The summed E-state index contributed by atoms with van der Waals surface area (Å²) in [6.07, 6.45) is 5.61. The summed E-state index contributed by atoms with van der Waals surface area (Å²) >= 11 is 3.61. The first-order valence-corrected chi connectivity index (χ1v) is 11.5. The second-order valence-corrected chi connectivity index (χ2v) is 9.48. The highest BCUT2D eigenvalue weighted by Gasteiger charge is 2.27. The second-order valence-electron chi connectivity index (χ2n) is 8.69. The normalized spacial score (nSPS) is 22.9. The Labute approximate surface area is 185 Å². The van der Waals surface area contributed by atoms with Crippen molar-refractivity contribution in [1.29, 1.82) is 5.26 Å². The molecule has 1 saturated heterocycles. The van der Waals surface area contributed by atoms with Crippen LogP contribution in [0.25, 0.3) is 11.0 Å². The lowest BCUT2D eigenvalue weighted by molar-refractivity contribution is 0.0940. The summed E-state index contributed by atoms with van der Waals surface area (Å²) in [7, 11) is 2.12. The number of pyridine rings is 1. The number of nitrogens with zero attached hydrogens (tertiary/aromatic N) is 3. The zero-order chi connectivity index (χ0) is 21.3. The quantitative estimate of drug-likeness (QED) is 0.677. The lowest BCUT2D eigenvalue weighted by atomic mass is 9.98. The summed E-state index contributed by atoms with van der Waals surface area (Å²) in [6.45, 7) is 4.93. The number of hydrogen-bond acceptors (Lipinski definition) is 6. The molecule has 2 aliphatic rings. The lowest BCUT2D eigenvalue weighted by Crippen LogP contribution is -2.37. The van der Waals surface area contributed by atoms with E-state index in [9.17, 15) is 10.1 Å². The first kappa shape index (κ1) is 21.1. The Morgan fingerprint density at radius 2 is 2.13 bits per heavy atom. The monoisotopic (exact) mass is 473 g/mol. The van der Waals surface area contributed by atoms with E-state index in [1.54, 1.807) is 6.07 Å². The first-order valence-electron chi connectivity index (χ1n) is 10.7. The van der Waals surface area contributed by atoms with Gasteiger partial charge in [-0.2, -0.15) is 5.26 Å². The van der Waals surface area contributed by atoms with E-state index in [0.717, 1.165) is 36.8 Å². The van der Waals surface area contributed by atoms with Crippen LogP contribution in [0.1, 0.15) is 55.3 Å². The molecule has 2 fully saturated rings. The van der Waals surface area contributed by atoms with Crippen molar-refractivity contribution >= 4 is 38.6 Å². The van der Waals surface area contributed by atoms with Crippen molar-refractivity contribution in [2.24, 2.45) is 11.8 Å². The third-order valence-corrected chi connectivity index (χ3v) is 7.37. The molecule has 1 saturated carbocycles. The summed E-state index contributed by atoms with van der Waals surface area (Å²) in [5.74, 6) is 1.67. The summed E-state index contributed by atoms with van der Waals surface area (Å²) in [5, 5.41) is 16.5. The molecule has 1 aliphatic carbocycles. The number of aromatic nitrogens is 1. The van der Waals surface area contributed by atoms with Crippen LogP contribution in [0.5, 0.6) is 0 Å². The van der Waals surface area contributed by atoms with Gasteiger partial charge in [0.2, 0.25) is 5.76 Å². The van der Waals surface area contributed by atoms with E-state index in [-0.39, 0.29) is 17.4 Å². The molecule has 4 rings (SSSR count). The molecule has 2 aromatic heterocycles. The molecular weight excluding hydrogens is 446 g/mol. The molecule has 0 bridgehead atoms. The summed E-state index contributed by atoms with van der Waals surface area (Å²) in [4.78, 5) is 20.0. The Morgan fingerprint density at radius 1 is 1.37 bits per heavy atom. The van der Waals surface area contributed by atoms with Crippen molar-refractivity contribution in [3.05, 3.63) is 22.0 Å². The van der Waals surface area contributed by atoms with Gasteiger partial charge in [-0.3, -0.25) is 4.79 Å². The van der Waals surface area contributed by atoms with Gasteiger partial charge in [0.15, 0.2) is 11.3 Å². The van der Waals surface area contributed by atoms with Crippen LogP contribution in [-0.2, 0) is 0 Å². The highest BCUT2D eigenvalue weighted by atomic mass is 79.9. The Kier molecular flexibility index (Phi) is 6.30. The van der Waals surface area contributed by atoms with Gasteiger partial charge in [0, 0.05) is 24.0 Å². The van der Waals surface area contributed by atoms with Crippen LogP contribution >= 0.6 is 15.9 Å². The van der Waals surface area contributed by atoms with Crippen molar-refractivity contribution in [3.63, 3.8) is 0 Å². The summed E-state index contributed by atoms with van der Waals surface area (Å²) in [6, 6.07) is 3.98. The van der Waals surface area contributed by atoms with Gasteiger partial charge in [0.1, 0.15) is 11.9 Å². The van der Waals surface area contributed by atoms with E-state index in [0.29, 0.717) is 41.2 Å². The van der Waals surface area contributed by atoms with Crippen molar-refractivity contribution in [3.8, 4) is 6.07 Å². The van der Waals surface area contributed by atoms with E-state index in [1.807, 2.05) is 6.07 Å². The fraction of sp³-hybridized carbons (Fsp3) is 0.591. The van der Waals surface area contributed by atoms with Gasteiger partial charge in [-0.25, -0.2) is 4.98 Å². The molecule has 7 nitrogen and oxygen atoms in total. The van der Waals surface area contributed by atoms with Crippen LogP contribution in [0, 0.1) is 23.2 Å². The molecule has 8 heteroatoms. The third kappa shape index (κ3) is 4.33. The Hall–Kier alpha value is -2.11. The van der Waals surface area contributed by atoms with Crippen LogP contribution in [-0.4, -0.2) is 48.5 Å². The Morgan fingerprint density at radius 3 is 2.80 bits per heavy atom. The molecule has 2 aromatic rings. The van der Waals surface area contributed by atoms with E-state index >= 15 is 0 Å². The van der Waals surface area contributed by atoms with Gasteiger partial charge < -0.3 is 20.0 Å². The minimum atomic E-state index is -0.253. The molecule has 0 spiro atoms. The number of halogens is 1. The molecule has 160 valence electrons. The molecule has 1 aliphatic heterocycles. The standard InChI is InChI=1S/C22H28BrN5O2/c1-13-4-3-5-14(13)12-25-22(29)19-20-17(10-16(11-24)30-20)18(23)21(27-19)26-15-6-8-28(2)9-7-15/h10,13-15H,3-9,12H2,1-2H3,(H,25,29)(H,26,27). The molecule has 2 atom stereocenters. The van der Waals surface area contributed by atoms with Gasteiger partial charge in [0.05, 0.1) is 4.47 Å². The van der Waals surface area contributed by atoms with E-state index in [1.165, 1.54) is 12.8 Å². The number of nitriles is 1. The number of piperidine rings is 1. The number of nitrogens with one attached hydrogen (secondary N) is 2. The fourth-order valence-corrected chi connectivity index (χ4v) is 5.05. The van der Waals surface area contributed by atoms with Crippen molar-refractivity contribution < 1.29 is 9.21 Å². The number of fused-ring (bicyclic) bond motifs is 1. The van der Waals surface area contributed by atoms with Crippen LogP contribution in [0.4, 0.5) is 5.82 Å². The maximum absolute atomic E-state index is 13.1. The highest BCUT2D eigenvalue weighted by molar-refractivity contribution is 9.10. The largest absolute Gasteiger partial charge is 0.443 e. The van der Waals surface area contributed by atoms with Crippen molar-refractivity contribution in [2.75, 3.05) is 32.0 Å². The van der Waals surface area contributed by atoms with Crippen molar-refractivity contribution in [1.82, 2.24) is 15.2 Å².